The molecule has 0 aromatic carbocycles. The van der Waals surface area contributed by atoms with Gasteiger partial charge in [0, 0.05) is 19.1 Å². The summed E-state index contributed by atoms with van der Waals surface area (Å²) >= 11 is 0. The number of nitrogens with one attached hydrogen (secondary N) is 1. The first kappa shape index (κ1) is 16.2. The van der Waals surface area contributed by atoms with E-state index in [1.54, 1.807) is 0 Å². The van der Waals surface area contributed by atoms with E-state index in [4.69, 9.17) is 0 Å². The molecule has 3 unspecified atom stereocenters. The van der Waals surface area contributed by atoms with Crippen molar-refractivity contribution in [2.75, 3.05) is 18.0 Å². The molecule has 4 nitrogen and oxygen atoms in total. The Morgan fingerprint density at radius 3 is 2.62 bits per heavy atom. The third-order valence-corrected chi connectivity index (χ3v) is 4.46. The van der Waals surface area contributed by atoms with Gasteiger partial charge < -0.3 is 10.2 Å². The molecule has 1 aliphatic heterocycles. The molecule has 3 atom stereocenters. The maximum absolute atomic E-state index is 4.46. The molecular weight excluding hydrogens is 260 g/mol. The van der Waals surface area contributed by atoms with Gasteiger partial charge in [-0.2, -0.15) is 5.10 Å². The standard InChI is InChI=1S/C17H30N4/c1-12(2)9-18-10-16-6-7-17(20-19-16)21-11-13(3)8-14(4)15(21)5/h6-7,12-15,18H,8-11H2,1-5H3. The van der Waals surface area contributed by atoms with Crippen LogP contribution in [0.25, 0.3) is 0 Å². The number of piperidine rings is 1. The topological polar surface area (TPSA) is 41.0 Å². The molecule has 1 aromatic rings. The molecule has 0 spiro atoms. The summed E-state index contributed by atoms with van der Waals surface area (Å²) in [5.41, 5.74) is 1.02. The summed E-state index contributed by atoms with van der Waals surface area (Å²) in [4.78, 5) is 2.41. The Hall–Kier alpha value is -1.16. The summed E-state index contributed by atoms with van der Waals surface area (Å²) in [6.07, 6.45) is 1.31. The van der Waals surface area contributed by atoms with Gasteiger partial charge in [0.25, 0.3) is 0 Å². The van der Waals surface area contributed by atoms with E-state index in [2.05, 4.69) is 67.2 Å². The van der Waals surface area contributed by atoms with Crippen LogP contribution in [0.5, 0.6) is 0 Å². The molecule has 1 saturated heterocycles. The second-order valence-electron chi connectivity index (χ2n) is 7.12. The predicted molar refractivity (Wildman–Crippen MR) is 88.3 cm³/mol. The molecule has 2 heterocycles. The van der Waals surface area contributed by atoms with Crippen molar-refractivity contribution >= 4 is 5.82 Å². The van der Waals surface area contributed by atoms with E-state index in [0.29, 0.717) is 17.9 Å². The van der Waals surface area contributed by atoms with E-state index in [9.17, 15) is 0 Å². The molecule has 0 saturated carbocycles. The van der Waals surface area contributed by atoms with Crippen LogP contribution in [0.15, 0.2) is 12.1 Å². The molecular formula is C17H30N4. The van der Waals surface area contributed by atoms with Gasteiger partial charge in [-0.05, 0) is 49.8 Å². The zero-order chi connectivity index (χ0) is 15.4. The van der Waals surface area contributed by atoms with Crippen LogP contribution in [-0.4, -0.2) is 29.3 Å². The van der Waals surface area contributed by atoms with E-state index >= 15 is 0 Å². The van der Waals surface area contributed by atoms with Crippen molar-refractivity contribution in [3.8, 4) is 0 Å². The Morgan fingerprint density at radius 2 is 2.00 bits per heavy atom. The van der Waals surface area contributed by atoms with Gasteiger partial charge in [0.2, 0.25) is 0 Å². The molecule has 1 fully saturated rings. The van der Waals surface area contributed by atoms with Gasteiger partial charge in [-0.25, -0.2) is 0 Å². The summed E-state index contributed by atoms with van der Waals surface area (Å²) < 4.78 is 0. The van der Waals surface area contributed by atoms with E-state index in [0.717, 1.165) is 37.1 Å². The number of aromatic nitrogens is 2. The summed E-state index contributed by atoms with van der Waals surface area (Å²) in [6, 6.07) is 4.77. The Labute approximate surface area is 129 Å². The second kappa shape index (κ2) is 7.21. The Kier molecular flexibility index (Phi) is 5.57. The van der Waals surface area contributed by atoms with Crippen molar-refractivity contribution in [1.29, 1.82) is 0 Å². The first-order valence-corrected chi connectivity index (χ1v) is 8.27. The molecule has 1 aliphatic rings. The molecule has 0 amide bonds. The maximum Gasteiger partial charge on any atom is 0.151 e. The lowest BCUT2D eigenvalue weighted by atomic mass is 9.86. The van der Waals surface area contributed by atoms with Crippen molar-refractivity contribution in [3.63, 3.8) is 0 Å². The second-order valence-corrected chi connectivity index (χ2v) is 7.12. The van der Waals surface area contributed by atoms with Crippen molar-refractivity contribution < 1.29 is 0 Å². The molecule has 2 rings (SSSR count). The number of hydrogen-bond acceptors (Lipinski definition) is 4. The van der Waals surface area contributed by atoms with Crippen LogP contribution in [0.3, 0.4) is 0 Å². The van der Waals surface area contributed by atoms with Gasteiger partial charge in [0.1, 0.15) is 0 Å². The molecule has 1 N–H and O–H groups in total. The van der Waals surface area contributed by atoms with Crippen LogP contribution in [0, 0.1) is 17.8 Å². The SMILES string of the molecule is CC(C)CNCc1ccc(N2CC(C)CC(C)C2C)nn1. The van der Waals surface area contributed by atoms with Gasteiger partial charge in [0.05, 0.1) is 5.69 Å². The van der Waals surface area contributed by atoms with Crippen LogP contribution in [0.1, 0.15) is 46.7 Å². The molecule has 21 heavy (non-hydrogen) atoms. The number of rotatable bonds is 5. The summed E-state index contributed by atoms with van der Waals surface area (Å²) in [7, 11) is 0. The van der Waals surface area contributed by atoms with E-state index in [1.165, 1.54) is 6.42 Å². The first-order chi connectivity index (χ1) is 9.97. The normalized spacial score (nSPS) is 26.4. The van der Waals surface area contributed by atoms with Crippen LogP contribution in [0.2, 0.25) is 0 Å². The lowest BCUT2D eigenvalue weighted by molar-refractivity contribution is 0.295. The molecule has 0 bridgehead atoms. The van der Waals surface area contributed by atoms with E-state index < -0.39 is 0 Å². The average molecular weight is 290 g/mol. The van der Waals surface area contributed by atoms with Crippen molar-refractivity contribution in [2.24, 2.45) is 17.8 Å². The summed E-state index contributed by atoms with van der Waals surface area (Å²) in [5.74, 6) is 3.12. The monoisotopic (exact) mass is 290 g/mol. The van der Waals surface area contributed by atoms with Crippen molar-refractivity contribution in [3.05, 3.63) is 17.8 Å². The molecule has 1 aromatic heterocycles. The minimum atomic E-state index is 0.542. The van der Waals surface area contributed by atoms with Crippen LogP contribution < -0.4 is 10.2 Å². The van der Waals surface area contributed by atoms with Crippen LogP contribution in [0.4, 0.5) is 5.82 Å². The Balaban J connectivity index is 1.97. The third kappa shape index (κ3) is 4.40. The summed E-state index contributed by atoms with van der Waals surface area (Å²) in [6.45, 7) is 14.3. The molecule has 0 aliphatic carbocycles. The van der Waals surface area contributed by atoms with Crippen LogP contribution in [-0.2, 0) is 6.54 Å². The van der Waals surface area contributed by atoms with Gasteiger partial charge in [-0.3, -0.25) is 0 Å². The van der Waals surface area contributed by atoms with Crippen molar-refractivity contribution in [1.82, 2.24) is 15.5 Å². The Bertz CT molecular complexity index is 429. The zero-order valence-corrected chi connectivity index (χ0v) is 14.1. The summed E-state index contributed by atoms with van der Waals surface area (Å²) in [5, 5.41) is 12.2. The lowest BCUT2D eigenvalue weighted by Gasteiger charge is -2.41. The fourth-order valence-electron chi connectivity index (χ4n) is 3.11. The number of nitrogens with zero attached hydrogens (tertiary/aromatic N) is 3. The smallest absolute Gasteiger partial charge is 0.151 e. The van der Waals surface area contributed by atoms with Gasteiger partial charge in [-0.15, -0.1) is 5.10 Å². The van der Waals surface area contributed by atoms with Gasteiger partial charge in [-0.1, -0.05) is 27.7 Å². The largest absolute Gasteiger partial charge is 0.352 e. The van der Waals surface area contributed by atoms with Crippen LogP contribution >= 0.6 is 0 Å². The Morgan fingerprint density at radius 1 is 1.24 bits per heavy atom. The quantitative estimate of drug-likeness (QED) is 0.905. The molecule has 0 radical (unpaired) electrons. The van der Waals surface area contributed by atoms with Gasteiger partial charge >= 0.3 is 0 Å². The minimum absolute atomic E-state index is 0.542. The highest BCUT2D eigenvalue weighted by Gasteiger charge is 2.29. The average Bonchev–Trinajstić information content (AvgIpc) is 2.43. The fourth-order valence-corrected chi connectivity index (χ4v) is 3.11. The highest BCUT2D eigenvalue weighted by Crippen LogP contribution is 2.29. The number of anilines is 1. The zero-order valence-electron chi connectivity index (χ0n) is 14.1. The van der Waals surface area contributed by atoms with Crippen molar-refractivity contribution in [2.45, 2.75) is 53.6 Å². The highest BCUT2D eigenvalue weighted by molar-refractivity contribution is 5.39. The minimum Gasteiger partial charge on any atom is -0.352 e. The van der Waals surface area contributed by atoms with E-state index in [-0.39, 0.29) is 0 Å². The molecule has 118 valence electrons. The first-order valence-electron chi connectivity index (χ1n) is 8.27. The maximum atomic E-state index is 4.46. The van der Waals surface area contributed by atoms with Gasteiger partial charge in [0.15, 0.2) is 5.82 Å². The molecule has 4 heteroatoms. The fraction of sp³-hybridized carbons (Fsp3) is 0.765. The van der Waals surface area contributed by atoms with E-state index in [1.807, 2.05) is 0 Å². The highest BCUT2D eigenvalue weighted by atomic mass is 15.3. The lowest BCUT2D eigenvalue weighted by Crippen LogP contribution is -2.46. The predicted octanol–water partition coefficient (Wildman–Crippen LogP) is 3.09. The number of hydrogen-bond donors (Lipinski definition) is 1. The third-order valence-electron chi connectivity index (χ3n) is 4.46.